The number of carbonyl (C=O) groups is 1. The lowest BCUT2D eigenvalue weighted by Crippen LogP contribution is -2.15. The van der Waals surface area contributed by atoms with Gasteiger partial charge in [0.25, 0.3) is 5.24 Å². The Morgan fingerprint density at radius 3 is 2.52 bits per heavy atom. The monoisotopic (exact) mass is 343 g/mol. The molecule has 0 fully saturated rings. The molecule has 0 saturated carbocycles. The number of aromatic nitrogens is 1. The van der Waals surface area contributed by atoms with Crippen LogP contribution in [0, 0.1) is 13.8 Å². The van der Waals surface area contributed by atoms with Crippen LogP contribution in [0.2, 0.25) is 0 Å². The van der Waals surface area contributed by atoms with E-state index in [-0.39, 0.29) is 17.0 Å². The molecule has 2 rings (SSSR count). The van der Waals surface area contributed by atoms with E-state index in [2.05, 4.69) is 4.98 Å². The lowest BCUT2D eigenvalue weighted by molar-refractivity contribution is -0.138. The highest BCUT2D eigenvalue weighted by Gasteiger charge is 2.35. The van der Waals surface area contributed by atoms with E-state index >= 15 is 0 Å². The van der Waals surface area contributed by atoms with Gasteiger partial charge in [-0.25, -0.2) is 4.98 Å². The third-order valence-corrected chi connectivity index (χ3v) is 3.44. The second kappa shape index (κ2) is 6.58. The van der Waals surface area contributed by atoms with Crippen molar-refractivity contribution in [2.75, 3.05) is 0 Å². The number of hydrogen-bond acceptors (Lipinski definition) is 3. The van der Waals surface area contributed by atoms with Gasteiger partial charge in [0, 0.05) is 22.4 Å². The summed E-state index contributed by atoms with van der Waals surface area (Å²) in [5, 5.41) is -0.969. The van der Waals surface area contributed by atoms with Crippen LogP contribution >= 0.6 is 11.6 Å². The minimum absolute atomic E-state index is 0.218. The zero-order valence-corrected chi connectivity index (χ0v) is 13.1. The molecule has 122 valence electrons. The van der Waals surface area contributed by atoms with Crippen molar-refractivity contribution in [2.45, 2.75) is 26.6 Å². The Morgan fingerprint density at radius 1 is 1.22 bits per heavy atom. The minimum atomic E-state index is -4.61. The average Bonchev–Trinajstić information content (AvgIpc) is 2.46. The van der Waals surface area contributed by atoms with Crippen LogP contribution in [0.15, 0.2) is 30.3 Å². The highest BCUT2D eigenvalue weighted by Crippen LogP contribution is 2.34. The van der Waals surface area contributed by atoms with Gasteiger partial charge in [-0.1, -0.05) is 12.1 Å². The van der Waals surface area contributed by atoms with Crippen molar-refractivity contribution in [2.24, 2.45) is 0 Å². The van der Waals surface area contributed by atoms with Crippen LogP contribution in [0.1, 0.15) is 32.7 Å². The molecule has 0 bridgehead atoms. The second-order valence-corrected chi connectivity index (χ2v) is 5.31. The fourth-order valence-electron chi connectivity index (χ4n) is 2.08. The topological polar surface area (TPSA) is 39.2 Å². The first-order valence-corrected chi connectivity index (χ1v) is 7.04. The van der Waals surface area contributed by atoms with E-state index in [4.69, 9.17) is 16.3 Å². The van der Waals surface area contributed by atoms with E-state index in [1.54, 1.807) is 26.0 Å². The predicted molar refractivity (Wildman–Crippen MR) is 79.7 cm³/mol. The lowest BCUT2D eigenvalue weighted by Gasteiger charge is -2.16. The Hall–Kier alpha value is -2.08. The molecule has 0 aliphatic heterocycles. The summed E-state index contributed by atoms with van der Waals surface area (Å²) in [6.07, 6.45) is -4.61. The third kappa shape index (κ3) is 4.01. The molecule has 2 aromatic rings. The van der Waals surface area contributed by atoms with Crippen LogP contribution in [-0.2, 0) is 12.8 Å². The molecule has 0 aliphatic rings. The highest BCUT2D eigenvalue weighted by atomic mass is 35.5. The van der Waals surface area contributed by atoms with Crippen LogP contribution in [0.25, 0.3) is 0 Å². The first kappa shape index (κ1) is 17.3. The van der Waals surface area contributed by atoms with E-state index < -0.39 is 23.6 Å². The van der Waals surface area contributed by atoms with Crippen LogP contribution in [0.5, 0.6) is 5.88 Å². The standard InChI is InChI=1S/C16H13ClF3NO2/c1-9-6-7-10(2)21-15(9)23-8-12-11(14(17)22)4-3-5-13(12)16(18,19)20/h3-7H,8H2,1-2H3. The first-order chi connectivity index (χ1) is 10.7. The molecular weight excluding hydrogens is 331 g/mol. The maximum atomic E-state index is 13.1. The fraction of sp³-hybridized carbons (Fsp3) is 0.250. The number of carbonyl (C=O) groups excluding carboxylic acids is 1. The van der Waals surface area contributed by atoms with Crippen molar-refractivity contribution >= 4 is 16.8 Å². The van der Waals surface area contributed by atoms with E-state index in [0.29, 0.717) is 11.3 Å². The summed E-state index contributed by atoms with van der Waals surface area (Å²) >= 11 is 5.39. The number of rotatable bonds is 4. The maximum absolute atomic E-state index is 13.1. The molecule has 3 nitrogen and oxygen atoms in total. The number of hydrogen-bond donors (Lipinski definition) is 0. The molecule has 0 unspecified atom stereocenters. The third-order valence-electron chi connectivity index (χ3n) is 3.24. The van der Waals surface area contributed by atoms with Crippen LogP contribution in [0.4, 0.5) is 13.2 Å². The fourth-order valence-corrected chi connectivity index (χ4v) is 2.26. The van der Waals surface area contributed by atoms with Crippen molar-refractivity contribution in [1.82, 2.24) is 4.98 Å². The van der Waals surface area contributed by atoms with Gasteiger partial charge in [0.15, 0.2) is 0 Å². The van der Waals surface area contributed by atoms with Crippen LogP contribution in [0.3, 0.4) is 0 Å². The maximum Gasteiger partial charge on any atom is 0.416 e. The van der Waals surface area contributed by atoms with Gasteiger partial charge in [-0.2, -0.15) is 13.2 Å². The van der Waals surface area contributed by atoms with Gasteiger partial charge in [-0.15, -0.1) is 0 Å². The molecule has 0 amide bonds. The van der Waals surface area contributed by atoms with Crippen LogP contribution < -0.4 is 4.74 Å². The zero-order valence-electron chi connectivity index (χ0n) is 12.4. The summed E-state index contributed by atoms with van der Waals surface area (Å²) in [5.74, 6) is 0.218. The molecule has 0 saturated heterocycles. The Labute approximate surface area is 136 Å². The highest BCUT2D eigenvalue weighted by molar-refractivity contribution is 6.67. The molecule has 0 aliphatic carbocycles. The zero-order chi connectivity index (χ0) is 17.2. The summed E-state index contributed by atoms with van der Waals surface area (Å²) in [6.45, 7) is 3.01. The van der Waals surface area contributed by atoms with Gasteiger partial charge in [0.05, 0.1) is 5.56 Å². The number of nitrogens with zero attached hydrogens (tertiary/aromatic N) is 1. The molecule has 0 atom stereocenters. The lowest BCUT2D eigenvalue weighted by atomic mass is 10.0. The number of aryl methyl sites for hydroxylation is 2. The average molecular weight is 344 g/mol. The van der Waals surface area contributed by atoms with Gasteiger partial charge in [0.2, 0.25) is 5.88 Å². The number of alkyl halides is 3. The first-order valence-electron chi connectivity index (χ1n) is 6.66. The summed E-state index contributed by atoms with van der Waals surface area (Å²) in [4.78, 5) is 15.5. The number of benzene rings is 1. The minimum Gasteiger partial charge on any atom is -0.473 e. The van der Waals surface area contributed by atoms with Gasteiger partial charge in [-0.05, 0) is 43.6 Å². The summed E-state index contributed by atoms with van der Waals surface area (Å²) in [5.41, 5.74) is -0.133. The van der Waals surface area contributed by atoms with E-state index in [1.165, 1.54) is 6.07 Å². The molecule has 0 radical (unpaired) electrons. The molecule has 1 aromatic carbocycles. The van der Waals surface area contributed by atoms with Gasteiger partial charge in [0.1, 0.15) is 6.61 Å². The van der Waals surface area contributed by atoms with Gasteiger partial charge in [-0.3, -0.25) is 4.79 Å². The van der Waals surface area contributed by atoms with Crippen molar-refractivity contribution < 1.29 is 22.7 Å². The molecule has 0 N–H and O–H groups in total. The SMILES string of the molecule is Cc1ccc(C)c(OCc2c(C(=O)Cl)cccc2C(F)(F)F)n1. The Kier molecular flexibility index (Phi) is 4.94. The second-order valence-electron chi connectivity index (χ2n) is 4.97. The Morgan fingerprint density at radius 2 is 1.91 bits per heavy atom. The number of halogens is 4. The molecule has 23 heavy (non-hydrogen) atoms. The van der Waals surface area contributed by atoms with E-state index in [0.717, 1.165) is 12.1 Å². The number of pyridine rings is 1. The molecular formula is C16H13ClF3NO2. The van der Waals surface area contributed by atoms with Crippen molar-refractivity contribution in [3.8, 4) is 5.88 Å². The predicted octanol–water partition coefficient (Wildman–Crippen LogP) is 4.68. The van der Waals surface area contributed by atoms with Crippen molar-refractivity contribution in [3.05, 3.63) is 58.3 Å². The molecule has 7 heteroatoms. The smallest absolute Gasteiger partial charge is 0.416 e. The van der Waals surface area contributed by atoms with Crippen LogP contribution in [-0.4, -0.2) is 10.2 Å². The summed E-state index contributed by atoms with van der Waals surface area (Å²) < 4.78 is 44.8. The normalized spacial score (nSPS) is 11.4. The van der Waals surface area contributed by atoms with Crippen molar-refractivity contribution in [1.29, 1.82) is 0 Å². The summed E-state index contributed by atoms with van der Waals surface area (Å²) in [7, 11) is 0. The van der Waals surface area contributed by atoms with E-state index in [9.17, 15) is 18.0 Å². The molecule has 1 heterocycles. The Bertz CT molecular complexity index is 745. The molecule has 1 aromatic heterocycles. The summed E-state index contributed by atoms with van der Waals surface area (Å²) in [6, 6.07) is 6.77. The Balaban J connectivity index is 2.41. The van der Waals surface area contributed by atoms with Crippen molar-refractivity contribution in [3.63, 3.8) is 0 Å². The molecule has 0 spiro atoms. The largest absolute Gasteiger partial charge is 0.473 e. The van der Waals surface area contributed by atoms with Gasteiger partial charge < -0.3 is 4.74 Å². The van der Waals surface area contributed by atoms with Gasteiger partial charge >= 0.3 is 6.18 Å². The number of ether oxygens (including phenoxy) is 1. The quantitative estimate of drug-likeness (QED) is 0.757. The van der Waals surface area contributed by atoms with E-state index in [1.807, 2.05) is 0 Å².